The topological polar surface area (TPSA) is 52.9 Å². The van der Waals surface area contributed by atoms with E-state index in [4.69, 9.17) is 0 Å². The lowest BCUT2D eigenvalue weighted by molar-refractivity contribution is -0.384. The van der Waals surface area contributed by atoms with E-state index in [1.165, 1.54) is 22.5 Å². The van der Waals surface area contributed by atoms with Gasteiger partial charge in [0.25, 0.3) is 5.69 Å². The molecule has 0 saturated heterocycles. The van der Waals surface area contributed by atoms with Crippen LogP contribution in [0, 0.1) is 10.1 Å². The summed E-state index contributed by atoms with van der Waals surface area (Å²) in [6, 6.07) is 23.7. The number of fused-ring (bicyclic) bond motifs is 6. The first kappa shape index (κ1) is 16.6. The van der Waals surface area contributed by atoms with Gasteiger partial charge in [0.15, 0.2) is 0 Å². The lowest BCUT2D eigenvalue weighted by atomic mass is 9.92. The van der Waals surface area contributed by atoms with Crippen molar-refractivity contribution in [2.75, 3.05) is 28.8 Å². The van der Waals surface area contributed by atoms with Gasteiger partial charge in [-0.2, -0.15) is 0 Å². The van der Waals surface area contributed by atoms with Gasteiger partial charge in [0.1, 0.15) is 12.3 Å². The molecule has 2 bridgehead atoms. The summed E-state index contributed by atoms with van der Waals surface area (Å²) in [5, 5.41) is 11.4. The molecule has 28 heavy (non-hydrogen) atoms. The Morgan fingerprint density at radius 1 is 0.786 bits per heavy atom. The number of benzene rings is 3. The van der Waals surface area contributed by atoms with Crippen molar-refractivity contribution in [2.24, 2.45) is 0 Å². The van der Waals surface area contributed by atoms with Crippen molar-refractivity contribution in [3.05, 3.63) is 94.0 Å². The smallest absolute Gasteiger partial charge is 0.271 e. The molecule has 2 heterocycles. The fourth-order valence-corrected chi connectivity index (χ4v) is 4.59. The first-order valence-electron chi connectivity index (χ1n) is 9.24. The molecule has 0 spiro atoms. The minimum atomic E-state index is -0.335. The van der Waals surface area contributed by atoms with Gasteiger partial charge >= 0.3 is 0 Å². The van der Waals surface area contributed by atoms with Crippen molar-refractivity contribution in [1.29, 1.82) is 0 Å². The first-order valence-corrected chi connectivity index (χ1v) is 9.24. The van der Waals surface area contributed by atoms with Crippen LogP contribution in [0.4, 0.5) is 22.7 Å². The predicted molar refractivity (Wildman–Crippen MR) is 111 cm³/mol. The molecule has 0 aromatic heterocycles. The minimum absolute atomic E-state index is 0.0469. The Morgan fingerprint density at radius 3 is 1.86 bits per heavy atom. The van der Waals surface area contributed by atoms with E-state index in [1.807, 2.05) is 18.2 Å². The molecule has 0 radical (unpaired) electrons. The normalized spacial score (nSPS) is 19.9. The molecular weight excluding hydrogens is 352 g/mol. The minimum Gasteiger partial charge on any atom is -0.350 e. The van der Waals surface area contributed by atoms with E-state index >= 15 is 0 Å². The van der Waals surface area contributed by atoms with Crippen LogP contribution in [0.3, 0.4) is 0 Å². The molecule has 0 aliphatic carbocycles. The van der Waals surface area contributed by atoms with Crippen molar-refractivity contribution in [2.45, 2.75) is 12.3 Å². The van der Waals surface area contributed by atoms with Gasteiger partial charge in [0.2, 0.25) is 0 Å². The van der Waals surface area contributed by atoms with Crippen LogP contribution in [0.25, 0.3) is 0 Å². The first-order chi connectivity index (χ1) is 13.6. The highest BCUT2D eigenvalue weighted by Crippen LogP contribution is 2.53. The Bertz CT molecular complexity index is 1030. The third-order valence-electron chi connectivity index (χ3n) is 5.79. The van der Waals surface area contributed by atoms with Crippen molar-refractivity contribution < 1.29 is 4.92 Å². The Labute approximate surface area is 163 Å². The van der Waals surface area contributed by atoms with Crippen molar-refractivity contribution in [3.63, 3.8) is 0 Å². The average Bonchev–Trinajstić information content (AvgIpc) is 2.73. The van der Waals surface area contributed by atoms with Crippen LogP contribution in [-0.2, 0) is 0 Å². The maximum Gasteiger partial charge on any atom is 0.271 e. The van der Waals surface area contributed by atoms with Crippen LogP contribution in [0.1, 0.15) is 23.5 Å². The summed E-state index contributed by atoms with van der Waals surface area (Å²) in [5.74, 6) is 0. The van der Waals surface area contributed by atoms with Crippen LogP contribution >= 0.6 is 0 Å². The Balaban J connectivity index is 1.78. The second-order valence-corrected chi connectivity index (χ2v) is 7.27. The summed E-state index contributed by atoms with van der Waals surface area (Å²) in [6.07, 6.45) is -0.0939. The summed E-state index contributed by atoms with van der Waals surface area (Å²) in [5.41, 5.74) is 5.68. The van der Waals surface area contributed by atoms with Crippen LogP contribution in [-0.4, -0.2) is 19.0 Å². The molecule has 6 heteroatoms. The number of hydrogen-bond donors (Lipinski definition) is 0. The van der Waals surface area contributed by atoms with Gasteiger partial charge in [-0.05, 0) is 18.2 Å². The second-order valence-electron chi connectivity index (χ2n) is 7.27. The standard InChI is InChI=1S/C22H20N4O2/c1-23-19-12-5-3-10-17(19)22-24(2)20-13-6-4-11-18(20)21(23)25(22)15-8-7-9-16(14-15)26(27)28/h3-14,21-22H,1-2H3. The summed E-state index contributed by atoms with van der Waals surface area (Å²) >= 11 is 0. The number of rotatable bonds is 2. The highest BCUT2D eigenvalue weighted by Gasteiger charge is 2.45. The van der Waals surface area contributed by atoms with E-state index in [2.05, 4.69) is 65.2 Å². The van der Waals surface area contributed by atoms with E-state index < -0.39 is 0 Å². The highest BCUT2D eigenvalue weighted by molar-refractivity contribution is 5.75. The summed E-state index contributed by atoms with van der Waals surface area (Å²) in [6.45, 7) is 0. The number of nitro groups is 1. The van der Waals surface area contributed by atoms with Crippen LogP contribution in [0.15, 0.2) is 72.8 Å². The fourth-order valence-electron chi connectivity index (χ4n) is 4.59. The van der Waals surface area contributed by atoms with E-state index in [1.54, 1.807) is 18.2 Å². The van der Waals surface area contributed by atoms with Crippen LogP contribution < -0.4 is 14.7 Å². The summed E-state index contributed by atoms with van der Waals surface area (Å²) in [4.78, 5) is 17.8. The van der Waals surface area contributed by atoms with Gasteiger partial charge in [-0.25, -0.2) is 0 Å². The molecule has 2 atom stereocenters. The molecule has 5 rings (SSSR count). The molecule has 3 aromatic rings. The van der Waals surface area contributed by atoms with Crippen LogP contribution in [0.5, 0.6) is 0 Å². The Kier molecular flexibility index (Phi) is 3.55. The zero-order chi connectivity index (χ0) is 19.4. The molecule has 0 saturated carbocycles. The number of para-hydroxylation sites is 2. The van der Waals surface area contributed by atoms with Crippen molar-refractivity contribution in [1.82, 2.24) is 0 Å². The summed E-state index contributed by atoms with van der Waals surface area (Å²) in [7, 11) is 4.18. The number of nitrogens with zero attached hydrogens (tertiary/aromatic N) is 4. The third kappa shape index (κ3) is 2.21. The lowest BCUT2D eigenvalue weighted by Crippen LogP contribution is -2.55. The zero-order valence-corrected chi connectivity index (χ0v) is 15.7. The highest BCUT2D eigenvalue weighted by atomic mass is 16.6. The van der Waals surface area contributed by atoms with E-state index in [0.717, 1.165) is 5.69 Å². The molecule has 0 fully saturated rings. The summed E-state index contributed by atoms with van der Waals surface area (Å²) < 4.78 is 0. The number of anilines is 3. The van der Waals surface area contributed by atoms with Gasteiger partial charge in [0, 0.05) is 54.4 Å². The van der Waals surface area contributed by atoms with E-state index in [-0.39, 0.29) is 22.9 Å². The third-order valence-corrected chi connectivity index (χ3v) is 5.79. The molecule has 2 unspecified atom stereocenters. The predicted octanol–water partition coefficient (Wildman–Crippen LogP) is 4.70. The average molecular weight is 372 g/mol. The largest absolute Gasteiger partial charge is 0.350 e. The van der Waals surface area contributed by atoms with Gasteiger partial charge in [0.05, 0.1) is 4.92 Å². The molecule has 6 nitrogen and oxygen atoms in total. The Morgan fingerprint density at radius 2 is 1.32 bits per heavy atom. The van der Waals surface area contributed by atoms with Gasteiger partial charge in [-0.1, -0.05) is 42.5 Å². The van der Waals surface area contributed by atoms with Crippen molar-refractivity contribution >= 4 is 22.7 Å². The van der Waals surface area contributed by atoms with E-state index in [9.17, 15) is 10.1 Å². The Hall–Kier alpha value is -3.54. The number of non-ortho nitro benzene ring substituents is 1. The van der Waals surface area contributed by atoms with Crippen LogP contribution in [0.2, 0.25) is 0 Å². The molecule has 2 aliphatic rings. The van der Waals surface area contributed by atoms with Gasteiger partial charge in [-0.3, -0.25) is 10.1 Å². The zero-order valence-electron chi connectivity index (χ0n) is 15.7. The number of nitro benzene ring substituents is 1. The maximum atomic E-state index is 11.4. The van der Waals surface area contributed by atoms with Gasteiger partial charge < -0.3 is 14.7 Å². The number of hydrogen-bond acceptors (Lipinski definition) is 5. The molecular formula is C22H20N4O2. The van der Waals surface area contributed by atoms with Gasteiger partial charge in [-0.15, -0.1) is 0 Å². The molecule has 3 aromatic carbocycles. The quantitative estimate of drug-likeness (QED) is 0.482. The monoisotopic (exact) mass is 372 g/mol. The molecule has 0 N–H and O–H groups in total. The lowest BCUT2D eigenvalue weighted by Gasteiger charge is -2.56. The van der Waals surface area contributed by atoms with E-state index in [0.29, 0.717) is 0 Å². The molecule has 2 aliphatic heterocycles. The fraction of sp³-hybridized carbons (Fsp3) is 0.182. The van der Waals surface area contributed by atoms with Crippen molar-refractivity contribution in [3.8, 4) is 0 Å². The second kappa shape index (κ2) is 5.99. The maximum absolute atomic E-state index is 11.4. The molecule has 140 valence electrons. The SMILES string of the molecule is CN1c2ccccc2C2N(C)c3ccccc3C1N2c1cccc([N+](=O)[O-])c1. The molecule has 0 amide bonds.